The van der Waals surface area contributed by atoms with E-state index >= 15 is 0 Å². The van der Waals surface area contributed by atoms with Crippen LogP contribution in [0.5, 0.6) is 5.88 Å². The van der Waals surface area contributed by atoms with Gasteiger partial charge in [-0.1, -0.05) is 6.07 Å². The second-order valence-electron chi connectivity index (χ2n) is 3.06. The molecule has 1 aromatic heterocycles. The summed E-state index contributed by atoms with van der Waals surface area (Å²) in [6.45, 7) is 0. The first kappa shape index (κ1) is 15.0. The summed E-state index contributed by atoms with van der Waals surface area (Å²) in [5, 5.41) is 0. The molecule has 0 aliphatic rings. The van der Waals surface area contributed by atoms with Crippen LogP contribution in [0.15, 0.2) is 18.3 Å². The zero-order valence-corrected chi connectivity index (χ0v) is 9.31. The topological polar surface area (TPSA) is 48.1 Å². The molecule has 0 aliphatic heterocycles. The van der Waals surface area contributed by atoms with E-state index in [2.05, 4.69) is 4.98 Å². The quantitative estimate of drug-likeness (QED) is 0.904. The second-order valence-corrected chi connectivity index (χ2v) is 3.06. The van der Waals surface area contributed by atoms with Crippen molar-refractivity contribution < 1.29 is 17.9 Å². The SMILES string of the molecule is COc1ccc([C@@H](N)CC(F)(F)F)cn1.Cl. The molecule has 0 bridgehead atoms. The average molecular weight is 257 g/mol. The monoisotopic (exact) mass is 256 g/mol. The number of nitrogens with zero attached hydrogens (tertiary/aromatic N) is 1. The van der Waals surface area contributed by atoms with Crippen LogP contribution in [0, 0.1) is 0 Å². The summed E-state index contributed by atoms with van der Waals surface area (Å²) in [5.41, 5.74) is 5.71. The number of halogens is 4. The summed E-state index contributed by atoms with van der Waals surface area (Å²) < 4.78 is 40.8. The molecule has 2 N–H and O–H groups in total. The van der Waals surface area contributed by atoms with Gasteiger partial charge in [-0.2, -0.15) is 13.2 Å². The molecule has 1 rings (SSSR count). The lowest BCUT2D eigenvalue weighted by Gasteiger charge is -2.14. The Bertz CT molecular complexity index is 316. The lowest BCUT2D eigenvalue weighted by molar-refractivity contribution is -0.138. The Labute approximate surface area is 97.2 Å². The van der Waals surface area contributed by atoms with Crippen molar-refractivity contribution in [2.75, 3.05) is 7.11 Å². The average Bonchev–Trinajstić information content (AvgIpc) is 2.15. The predicted molar refractivity (Wildman–Crippen MR) is 55.6 cm³/mol. The number of pyridine rings is 1. The molecule has 0 fully saturated rings. The first-order chi connectivity index (χ1) is 6.92. The Morgan fingerprint density at radius 2 is 2.06 bits per heavy atom. The standard InChI is InChI=1S/C9H11F3N2O.ClH/c1-15-8-3-2-6(5-14-8)7(13)4-9(10,11)12;/h2-3,5,7H,4,13H2,1H3;1H/t7-;/m0./s1. The largest absolute Gasteiger partial charge is 0.481 e. The van der Waals surface area contributed by atoms with Gasteiger partial charge in [0.15, 0.2) is 0 Å². The molecule has 1 atom stereocenters. The Morgan fingerprint density at radius 3 is 2.44 bits per heavy atom. The highest BCUT2D eigenvalue weighted by atomic mass is 35.5. The van der Waals surface area contributed by atoms with Crippen molar-refractivity contribution in [2.24, 2.45) is 5.73 Å². The van der Waals surface area contributed by atoms with E-state index in [-0.39, 0.29) is 12.4 Å². The van der Waals surface area contributed by atoms with Crippen LogP contribution >= 0.6 is 12.4 Å². The molecule has 0 saturated carbocycles. The summed E-state index contributed by atoms with van der Waals surface area (Å²) in [5.74, 6) is 0.345. The van der Waals surface area contributed by atoms with Gasteiger partial charge in [0.25, 0.3) is 0 Å². The normalized spacial score (nSPS) is 12.8. The highest BCUT2D eigenvalue weighted by Gasteiger charge is 2.30. The second kappa shape index (κ2) is 5.91. The minimum Gasteiger partial charge on any atom is -0.481 e. The van der Waals surface area contributed by atoms with E-state index in [0.717, 1.165) is 0 Å². The van der Waals surface area contributed by atoms with E-state index in [9.17, 15) is 13.2 Å². The number of alkyl halides is 3. The van der Waals surface area contributed by atoms with Crippen LogP contribution in [0.1, 0.15) is 18.0 Å². The van der Waals surface area contributed by atoms with Gasteiger partial charge in [-0.05, 0) is 5.56 Å². The van der Waals surface area contributed by atoms with Crippen molar-refractivity contribution in [1.29, 1.82) is 0 Å². The molecular formula is C9H12ClF3N2O. The zero-order chi connectivity index (χ0) is 11.5. The van der Waals surface area contributed by atoms with Crippen molar-refractivity contribution in [3.05, 3.63) is 23.9 Å². The highest BCUT2D eigenvalue weighted by molar-refractivity contribution is 5.85. The molecule has 0 saturated heterocycles. The number of ether oxygens (including phenoxy) is 1. The number of rotatable bonds is 3. The van der Waals surface area contributed by atoms with E-state index in [4.69, 9.17) is 10.5 Å². The molecule has 92 valence electrons. The van der Waals surface area contributed by atoms with E-state index in [0.29, 0.717) is 11.4 Å². The molecule has 0 unspecified atom stereocenters. The van der Waals surface area contributed by atoms with Crippen LogP contribution in [-0.2, 0) is 0 Å². The van der Waals surface area contributed by atoms with Crippen molar-refractivity contribution in [2.45, 2.75) is 18.6 Å². The summed E-state index contributed by atoms with van der Waals surface area (Å²) in [4.78, 5) is 3.78. The van der Waals surface area contributed by atoms with E-state index in [1.54, 1.807) is 0 Å². The van der Waals surface area contributed by atoms with Gasteiger partial charge < -0.3 is 10.5 Å². The Morgan fingerprint density at radius 1 is 1.44 bits per heavy atom. The summed E-state index contributed by atoms with van der Waals surface area (Å²) in [7, 11) is 1.43. The van der Waals surface area contributed by atoms with Crippen LogP contribution in [-0.4, -0.2) is 18.3 Å². The molecule has 0 amide bonds. The first-order valence-corrected chi connectivity index (χ1v) is 4.24. The fourth-order valence-electron chi connectivity index (χ4n) is 1.10. The molecule has 0 spiro atoms. The predicted octanol–water partition coefficient (Wildman–Crippen LogP) is 2.46. The maximum atomic E-state index is 12.0. The molecular weight excluding hydrogens is 245 g/mol. The number of hydrogen-bond acceptors (Lipinski definition) is 3. The summed E-state index contributed by atoms with van der Waals surface area (Å²) >= 11 is 0. The third-order valence-electron chi connectivity index (χ3n) is 1.85. The fraction of sp³-hybridized carbons (Fsp3) is 0.444. The van der Waals surface area contributed by atoms with Crippen molar-refractivity contribution >= 4 is 12.4 Å². The smallest absolute Gasteiger partial charge is 0.390 e. The molecule has 7 heteroatoms. The minimum absolute atomic E-state index is 0. The van der Waals surface area contributed by atoms with Gasteiger partial charge in [0, 0.05) is 18.3 Å². The van der Waals surface area contributed by atoms with Crippen LogP contribution in [0.3, 0.4) is 0 Å². The van der Waals surface area contributed by atoms with Gasteiger partial charge in [-0.25, -0.2) is 4.98 Å². The minimum atomic E-state index is -4.26. The van der Waals surface area contributed by atoms with E-state index in [1.807, 2.05) is 0 Å². The van der Waals surface area contributed by atoms with Crippen LogP contribution in [0.4, 0.5) is 13.2 Å². The number of aromatic nitrogens is 1. The van der Waals surface area contributed by atoms with Crippen LogP contribution < -0.4 is 10.5 Å². The van der Waals surface area contributed by atoms with E-state index in [1.165, 1.54) is 25.4 Å². The molecule has 0 aromatic carbocycles. The van der Waals surface area contributed by atoms with Crippen LogP contribution in [0.25, 0.3) is 0 Å². The zero-order valence-electron chi connectivity index (χ0n) is 8.49. The molecule has 1 heterocycles. The summed E-state index contributed by atoms with van der Waals surface area (Å²) in [6, 6.07) is 1.87. The van der Waals surface area contributed by atoms with Gasteiger partial charge in [-0.3, -0.25) is 0 Å². The highest BCUT2D eigenvalue weighted by Crippen LogP contribution is 2.27. The first-order valence-electron chi connectivity index (χ1n) is 4.24. The molecule has 16 heavy (non-hydrogen) atoms. The molecule has 0 aliphatic carbocycles. The van der Waals surface area contributed by atoms with Gasteiger partial charge in [0.05, 0.1) is 13.5 Å². The molecule has 3 nitrogen and oxygen atoms in total. The van der Waals surface area contributed by atoms with Crippen molar-refractivity contribution in [1.82, 2.24) is 4.98 Å². The number of hydrogen-bond donors (Lipinski definition) is 1. The molecule has 1 aromatic rings. The summed E-state index contributed by atoms with van der Waals surface area (Å²) in [6.07, 6.45) is -4.03. The van der Waals surface area contributed by atoms with Crippen molar-refractivity contribution in [3.8, 4) is 5.88 Å². The van der Waals surface area contributed by atoms with Gasteiger partial charge in [0.1, 0.15) is 0 Å². The van der Waals surface area contributed by atoms with Crippen molar-refractivity contribution in [3.63, 3.8) is 0 Å². The van der Waals surface area contributed by atoms with Crippen LogP contribution in [0.2, 0.25) is 0 Å². The lowest BCUT2D eigenvalue weighted by atomic mass is 10.1. The molecule has 0 radical (unpaired) electrons. The Hall–Kier alpha value is -1.01. The van der Waals surface area contributed by atoms with Gasteiger partial charge in [0.2, 0.25) is 5.88 Å². The van der Waals surface area contributed by atoms with E-state index < -0.39 is 18.6 Å². The van der Waals surface area contributed by atoms with Gasteiger partial charge in [-0.15, -0.1) is 12.4 Å². The number of methoxy groups -OCH3 is 1. The Kier molecular flexibility index (Phi) is 5.53. The fourth-order valence-corrected chi connectivity index (χ4v) is 1.10. The Balaban J connectivity index is 0.00000225. The number of nitrogens with two attached hydrogens (primary N) is 1. The maximum absolute atomic E-state index is 12.0. The third kappa shape index (κ3) is 4.67. The van der Waals surface area contributed by atoms with Gasteiger partial charge >= 0.3 is 6.18 Å². The maximum Gasteiger partial charge on any atom is 0.390 e. The third-order valence-corrected chi connectivity index (χ3v) is 1.85. The lowest BCUT2D eigenvalue weighted by Crippen LogP contribution is -2.20.